The number of aromatic nitrogens is 4. The van der Waals surface area contributed by atoms with Gasteiger partial charge in [-0.25, -0.2) is 9.37 Å². The van der Waals surface area contributed by atoms with Gasteiger partial charge in [0.1, 0.15) is 11.6 Å². The molecule has 7 nitrogen and oxygen atoms in total. The van der Waals surface area contributed by atoms with E-state index >= 15 is 0 Å². The lowest BCUT2D eigenvalue weighted by atomic mass is 10.1. The van der Waals surface area contributed by atoms with Gasteiger partial charge in [0, 0.05) is 31.2 Å². The Kier molecular flexibility index (Phi) is 5.43. The predicted molar refractivity (Wildman–Crippen MR) is 115 cm³/mol. The number of amides is 1. The molecule has 4 rings (SSSR count). The zero-order valence-corrected chi connectivity index (χ0v) is 18.0. The van der Waals surface area contributed by atoms with Crippen LogP contribution in [0.3, 0.4) is 0 Å². The molecule has 0 saturated carbocycles. The molecule has 0 radical (unpaired) electrons. The molecule has 2 N–H and O–H groups in total. The number of benzene rings is 1. The van der Waals surface area contributed by atoms with Crippen molar-refractivity contribution in [2.75, 3.05) is 12.3 Å². The van der Waals surface area contributed by atoms with Crippen LogP contribution in [0.2, 0.25) is 0 Å². The maximum absolute atomic E-state index is 14.9. The summed E-state index contributed by atoms with van der Waals surface area (Å²) in [5.74, 6) is -1.19. The van der Waals surface area contributed by atoms with E-state index < -0.39 is 23.5 Å². The number of aryl methyl sites for hydroxylation is 2. The SMILES string of the molecule is CCN(Cc1ccc(C(F)(F)F)cn1)C(=O)c1cc2c(cc1F)nc(N)c1c(C)nn(C)c12. The Morgan fingerprint density at radius 2 is 1.97 bits per heavy atom. The minimum atomic E-state index is -4.51. The van der Waals surface area contributed by atoms with Crippen molar-refractivity contribution in [2.24, 2.45) is 7.05 Å². The van der Waals surface area contributed by atoms with Crippen molar-refractivity contribution in [3.8, 4) is 0 Å². The van der Waals surface area contributed by atoms with Crippen LogP contribution in [-0.4, -0.2) is 37.1 Å². The lowest BCUT2D eigenvalue weighted by Crippen LogP contribution is -2.31. The van der Waals surface area contributed by atoms with Gasteiger partial charge in [0.2, 0.25) is 0 Å². The molecule has 3 heterocycles. The number of anilines is 1. The molecule has 0 aliphatic carbocycles. The molecule has 0 fully saturated rings. The van der Waals surface area contributed by atoms with Gasteiger partial charge in [0.15, 0.2) is 0 Å². The Balaban J connectivity index is 1.74. The van der Waals surface area contributed by atoms with E-state index in [1.165, 1.54) is 17.0 Å². The summed E-state index contributed by atoms with van der Waals surface area (Å²) < 4.78 is 54.8. The largest absolute Gasteiger partial charge is 0.417 e. The number of nitrogen functional groups attached to an aromatic ring is 1. The molecule has 4 aromatic rings. The lowest BCUT2D eigenvalue weighted by molar-refractivity contribution is -0.137. The molecule has 1 aromatic carbocycles. The van der Waals surface area contributed by atoms with Gasteiger partial charge in [-0.05, 0) is 32.0 Å². The Morgan fingerprint density at radius 1 is 1.24 bits per heavy atom. The van der Waals surface area contributed by atoms with E-state index in [0.29, 0.717) is 28.2 Å². The van der Waals surface area contributed by atoms with Crippen LogP contribution < -0.4 is 5.73 Å². The molecular formula is C22H20F4N6O. The molecule has 0 aliphatic rings. The van der Waals surface area contributed by atoms with E-state index in [1.807, 2.05) is 0 Å². The number of carbonyl (C=O) groups excluding carboxylic acids is 1. The average molecular weight is 460 g/mol. The van der Waals surface area contributed by atoms with Crippen molar-refractivity contribution in [3.05, 3.63) is 58.8 Å². The Hall–Kier alpha value is -3.76. The lowest BCUT2D eigenvalue weighted by Gasteiger charge is -2.21. The molecule has 1 amide bonds. The summed E-state index contributed by atoms with van der Waals surface area (Å²) in [6.45, 7) is 3.58. The van der Waals surface area contributed by atoms with Crippen LogP contribution >= 0.6 is 0 Å². The summed E-state index contributed by atoms with van der Waals surface area (Å²) in [6.07, 6.45) is -3.80. The van der Waals surface area contributed by atoms with Gasteiger partial charge < -0.3 is 10.6 Å². The summed E-state index contributed by atoms with van der Waals surface area (Å²) in [4.78, 5) is 22.5. The van der Waals surface area contributed by atoms with Crippen LogP contribution in [0, 0.1) is 12.7 Å². The first-order chi connectivity index (χ1) is 15.5. The molecule has 0 saturated heterocycles. The third-order valence-corrected chi connectivity index (χ3v) is 5.46. The highest BCUT2D eigenvalue weighted by atomic mass is 19.4. The Morgan fingerprint density at radius 3 is 2.58 bits per heavy atom. The highest BCUT2D eigenvalue weighted by Crippen LogP contribution is 2.32. The average Bonchev–Trinajstić information content (AvgIpc) is 3.05. The van der Waals surface area contributed by atoms with Crippen LogP contribution in [-0.2, 0) is 19.8 Å². The molecule has 0 atom stereocenters. The van der Waals surface area contributed by atoms with Crippen molar-refractivity contribution in [1.82, 2.24) is 24.6 Å². The maximum Gasteiger partial charge on any atom is 0.417 e. The van der Waals surface area contributed by atoms with Crippen molar-refractivity contribution >= 4 is 33.5 Å². The van der Waals surface area contributed by atoms with Crippen LogP contribution in [0.25, 0.3) is 21.8 Å². The third kappa shape index (κ3) is 3.94. The maximum atomic E-state index is 14.9. The molecule has 33 heavy (non-hydrogen) atoms. The minimum absolute atomic E-state index is 0.0782. The zero-order chi connectivity index (χ0) is 24.1. The number of halogens is 4. The molecule has 0 spiro atoms. The summed E-state index contributed by atoms with van der Waals surface area (Å²) >= 11 is 0. The normalized spacial score (nSPS) is 12.0. The second-order valence-electron chi connectivity index (χ2n) is 7.63. The molecule has 11 heteroatoms. The number of hydrogen-bond donors (Lipinski definition) is 1. The monoisotopic (exact) mass is 460 g/mol. The Labute approximate surface area is 185 Å². The zero-order valence-electron chi connectivity index (χ0n) is 18.0. The molecular weight excluding hydrogens is 440 g/mol. The summed E-state index contributed by atoms with van der Waals surface area (Å²) in [5.41, 5.74) is 6.77. The van der Waals surface area contributed by atoms with Gasteiger partial charge >= 0.3 is 6.18 Å². The first kappa shape index (κ1) is 22.4. The summed E-state index contributed by atoms with van der Waals surface area (Å²) in [7, 11) is 1.72. The van der Waals surface area contributed by atoms with Gasteiger partial charge in [-0.3, -0.25) is 14.5 Å². The van der Waals surface area contributed by atoms with Crippen LogP contribution in [0.5, 0.6) is 0 Å². The number of pyridine rings is 2. The summed E-state index contributed by atoms with van der Waals surface area (Å²) in [6, 6.07) is 4.65. The van der Waals surface area contributed by atoms with Crippen molar-refractivity contribution in [2.45, 2.75) is 26.6 Å². The summed E-state index contributed by atoms with van der Waals surface area (Å²) in [5, 5.41) is 5.48. The van der Waals surface area contributed by atoms with Gasteiger partial charge in [0.05, 0.1) is 45.5 Å². The topological polar surface area (TPSA) is 89.9 Å². The predicted octanol–water partition coefficient (Wildman–Crippen LogP) is 4.23. The number of nitrogens with zero attached hydrogens (tertiary/aromatic N) is 5. The minimum Gasteiger partial charge on any atom is -0.383 e. The number of alkyl halides is 3. The number of fused-ring (bicyclic) bond motifs is 3. The highest BCUT2D eigenvalue weighted by Gasteiger charge is 2.31. The smallest absolute Gasteiger partial charge is 0.383 e. The standard InChI is InChI=1S/C22H20F4N6O/c1-4-32(10-13-6-5-12(9-28-13)22(24,25)26)21(33)14-7-15-17(8-16(14)23)29-20(27)18-11(2)30-31(3)19(15)18/h5-9H,4,10H2,1-3H3,(H2,27,29). The van der Waals surface area contributed by atoms with E-state index in [0.717, 1.165) is 12.1 Å². The second-order valence-corrected chi connectivity index (χ2v) is 7.63. The first-order valence-corrected chi connectivity index (χ1v) is 10.0. The molecule has 0 aliphatic heterocycles. The van der Waals surface area contributed by atoms with Crippen LogP contribution in [0.4, 0.5) is 23.4 Å². The van der Waals surface area contributed by atoms with Gasteiger partial charge in [0.25, 0.3) is 5.91 Å². The quantitative estimate of drug-likeness (QED) is 0.461. The van der Waals surface area contributed by atoms with E-state index in [4.69, 9.17) is 5.73 Å². The fourth-order valence-electron chi connectivity index (χ4n) is 3.85. The number of hydrogen-bond acceptors (Lipinski definition) is 5. The van der Waals surface area contributed by atoms with Crippen LogP contribution in [0.1, 0.15) is 34.2 Å². The third-order valence-electron chi connectivity index (χ3n) is 5.46. The van der Waals surface area contributed by atoms with E-state index in [1.54, 1.807) is 25.6 Å². The number of rotatable bonds is 4. The van der Waals surface area contributed by atoms with Crippen LogP contribution in [0.15, 0.2) is 30.5 Å². The fourth-order valence-corrected chi connectivity index (χ4v) is 3.85. The van der Waals surface area contributed by atoms with Gasteiger partial charge in [-0.15, -0.1) is 0 Å². The van der Waals surface area contributed by atoms with Crippen molar-refractivity contribution in [3.63, 3.8) is 0 Å². The van der Waals surface area contributed by atoms with Gasteiger partial charge in [-0.2, -0.15) is 18.3 Å². The Bertz CT molecular complexity index is 1380. The molecule has 3 aromatic heterocycles. The van der Waals surface area contributed by atoms with E-state index in [9.17, 15) is 22.4 Å². The number of carbonyl (C=O) groups is 1. The van der Waals surface area contributed by atoms with E-state index in [-0.39, 0.29) is 35.7 Å². The van der Waals surface area contributed by atoms with E-state index in [2.05, 4.69) is 15.1 Å². The first-order valence-electron chi connectivity index (χ1n) is 10.0. The highest BCUT2D eigenvalue weighted by molar-refractivity contribution is 6.11. The van der Waals surface area contributed by atoms with Crippen molar-refractivity contribution < 1.29 is 22.4 Å². The number of nitrogens with two attached hydrogens (primary N) is 1. The fraction of sp³-hybridized carbons (Fsp3) is 0.273. The second kappa shape index (κ2) is 7.98. The molecule has 172 valence electrons. The van der Waals surface area contributed by atoms with Gasteiger partial charge in [-0.1, -0.05) is 0 Å². The molecule has 0 bridgehead atoms. The molecule has 0 unspecified atom stereocenters. The van der Waals surface area contributed by atoms with Crippen molar-refractivity contribution in [1.29, 1.82) is 0 Å².